The Kier molecular flexibility index (Phi) is 4.49. The van der Waals surface area contributed by atoms with Crippen molar-refractivity contribution < 1.29 is 19.8 Å². The Balaban J connectivity index is 3.17. The third-order valence-corrected chi connectivity index (χ3v) is 4.18. The molecule has 0 radical (unpaired) electrons. The Morgan fingerprint density at radius 3 is 2.50 bits per heavy atom. The standard InChI is InChI=1S/C10H8Br2O4/c11-4-7(12)9(14)6-3-5(10(15)16)1-2-8(6)13/h1-3,7,13H,4H2,(H,15,16). The number of aromatic carboxylic acids is 1. The summed E-state index contributed by atoms with van der Waals surface area (Å²) in [5, 5.41) is 18.6. The van der Waals surface area contributed by atoms with Gasteiger partial charge in [-0.3, -0.25) is 4.79 Å². The molecule has 0 aromatic heterocycles. The van der Waals surface area contributed by atoms with E-state index in [1.165, 1.54) is 12.1 Å². The molecule has 0 fully saturated rings. The molecule has 0 aliphatic heterocycles. The molecule has 0 amide bonds. The van der Waals surface area contributed by atoms with Crippen LogP contribution in [-0.2, 0) is 0 Å². The van der Waals surface area contributed by atoms with E-state index in [0.29, 0.717) is 5.33 Å². The Hall–Kier alpha value is -0.880. The molecule has 1 rings (SSSR count). The molecular weight excluding hydrogens is 344 g/mol. The number of alkyl halides is 2. The molecule has 1 atom stereocenters. The van der Waals surface area contributed by atoms with E-state index in [-0.39, 0.29) is 22.7 Å². The van der Waals surface area contributed by atoms with Gasteiger partial charge in [0.1, 0.15) is 5.75 Å². The van der Waals surface area contributed by atoms with E-state index in [1.54, 1.807) is 0 Å². The molecule has 0 heterocycles. The SMILES string of the molecule is O=C(O)c1ccc(O)c(C(=O)C(Br)CBr)c1. The second-order valence-corrected chi connectivity index (χ2v) is 4.78. The van der Waals surface area contributed by atoms with Gasteiger partial charge < -0.3 is 10.2 Å². The molecule has 6 heteroatoms. The molecule has 4 nitrogen and oxygen atoms in total. The Labute approximate surface area is 109 Å². The van der Waals surface area contributed by atoms with Gasteiger partial charge >= 0.3 is 5.97 Å². The number of Topliss-reactive ketones (excluding diaryl/α,β-unsaturated/α-hetero) is 1. The summed E-state index contributed by atoms with van der Waals surface area (Å²) in [6.07, 6.45) is 0. The average molecular weight is 352 g/mol. The molecule has 16 heavy (non-hydrogen) atoms. The van der Waals surface area contributed by atoms with Crippen molar-refractivity contribution in [3.63, 3.8) is 0 Å². The molecule has 1 aromatic carbocycles. The summed E-state index contributed by atoms with van der Waals surface area (Å²) in [5.74, 6) is -1.73. The van der Waals surface area contributed by atoms with Crippen LogP contribution in [0.2, 0.25) is 0 Å². The Morgan fingerprint density at radius 2 is 2.00 bits per heavy atom. The van der Waals surface area contributed by atoms with Gasteiger partial charge in [0.15, 0.2) is 5.78 Å². The third kappa shape index (κ3) is 2.82. The summed E-state index contributed by atoms with van der Waals surface area (Å²) in [6.45, 7) is 0. The van der Waals surface area contributed by atoms with Crippen LogP contribution in [-0.4, -0.2) is 32.1 Å². The number of carbonyl (C=O) groups is 2. The number of carboxylic acids is 1. The van der Waals surface area contributed by atoms with Crippen molar-refractivity contribution in [1.29, 1.82) is 0 Å². The lowest BCUT2D eigenvalue weighted by molar-refractivity contribution is 0.0697. The van der Waals surface area contributed by atoms with Crippen LogP contribution >= 0.6 is 31.9 Å². The van der Waals surface area contributed by atoms with Crippen LogP contribution in [0.5, 0.6) is 5.75 Å². The van der Waals surface area contributed by atoms with Crippen LogP contribution < -0.4 is 0 Å². The number of rotatable bonds is 4. The van der Waals surface area contributed by atoms with Gasteiger partial charge in [-0.1, -0.05) is 31.9 Å². The average Bonchev–Trinajstić information content (AvgIpc) is 2.27. The van der Waals surface area contributed by atoms with E-state index in [9.17, 15) is 14.7 Å². The van der Waals surface area contributed by atoms with Crippen molar-refractivity contribution in [2.75, 3.05) is 5.33 Å². The molecule has 0 spiro atoms. The first-order valence-corrected chi connectivity index (χ1v) is 6.31. The van der Waals surface area contributed by atoms with Crippen molar-refractivity contribution in [2.45, 2.75) is 4.83 Å². The highest BCUT2D eigenvalue weighted by molar-refractivity contribution is 9.12. The minimum Gasteiger partial charge on any atom is -0.507 e. The first kappa shape index (κ1) is 13.2. The zero-order valence-corrected chi connectivity index (χ0v) is 11.2. The normalized spacial score (nSPS) is 12.1. The second-order valence-electron chi connectivity index (χ2n) is 3.02. The molecular formula is C10H8Br2O4. The highest BCUT2D eigenvalue weighted by Gasteiger charge is 2.20. The Bertz CT molecular complexity index is 431. The molecule has 0 saturated carbocycles. The van der Waals surface area contributed by atoms with E-state index in [4.69, 9.17) is 5.11 Å². The van der Waals surface area contributed by atoms with E-state index >= 15 is 0 Å². The van der Waals surface area contributed by atoms with Gasteiger partial charge in [0, 0.05) is 5.33 Å². The fourth-order valence-corrected chi connectivity index (χ4v) is 1.65. The first-order valence-electron chi connectivity index (χ1n) is 4.28. The molecule has 0 aliphatic carbocycles. The molecule has 1 aromatic rings. The number of carbonyl (C=O) groups excluding carboxylic acids is 1. The quantitative estimate of drug-likeness (QED) is 0.645. The number of hydrogen-bond acceptors (Lipinski definition) is 3. The van der Waals surface area contributed by atoms with Crippen LogP contribution in [0.15, 0.2) is 18.2 Å². The molecule has 86 valence electrons. The van der Waals surface area contributed by atoms with Crippen LogP contribution in [0.1, 0.15) is 20.7 Å². The molecule has 1 unspecified atom stereocenters. The smallest absolute Gasteiger partial charge is 0.335 e. The molecule has 0 aliphatic rings. The van der Waals surface area contributed by atoms with E-state index in [2.05, 4.69) is 31.9 Å². The summed E-state index contributed by atoms with van der Waals surface area (Å²) < 4.78 is 0. The predicted molar refractivity (Wildman–Crippen MR) is 65.9 cm³/mol. The molecule has 0 saturated heterocycles. The van der Waals surface area contributed by atoms with Gasteiger partial charge in [-0.15, -0.1) is 0 Å². The van der Waals surface area contributed by atoms with Crippen molar-refractivity contribution in [1.82, 2.24) is 0 Å². The van der Waals surface area contributed by atoms with Crippen LogP contribution in [0.25, 0.3) is 0 Å². The number of hydrogen-bond donors (Lipinski definition) is 2. The fourth-order valence-electron chi connectivity index (χ4n) is 1.11. The predicted octanol–water partition coefficient (Wildman–Crippen LogP) is 2.43. The Morgan fingerprint density at radius 1 is 1.38 bits per heavy atom. The monoisotopic (exact) mass is 350 g/mol. The largest absolute Gasteiger partial charge is 0.507 e. The minimum absolute atomic E-state index is 0.00113. The maximum atomic E-state index is 11.7. The van der Waals surface area contributed by atoms with Crippen LogP contribution in [0.3, 0.4) is 0 Å². The second kappa shape index (κ2) is 5.45. The van der Waals surface area contributed by atoms with Gasteiger partial charge in [-0.2, -0.15) is 0 Å². The van der Waals surface area contributed by atoms with Crippen molar-refractivity contribution in [2.24, 2.45) is 0 Å². The van der Waals surface area contributed by atoms with Crippen LogP contribution in [0.4, 0.5) is 0 Å². The highest BCUT2D eigenvalue weighted by atomic mass is 79.9. The molecule has 0 bridgehead atoms. The lowest BCUT2D eigenvalue weighted by Crippen LogP contribution is -2.16. The van der Waals surface area contributed by atoms with Gasteiger partial charge in [0.05, 0.1) is 16.0 Å². The lowest BCUT2D eigenvalue weighted by atomic mass is 10.0. The van der Waals surface area contributed by atoms with Gasteiger partial charge in [0.25, 0.3) is 0 Å². The summed E-state index contributed by atoms with van der Waals surface area (Å²) >= 11 is 6.24. The van der Waals surface area contributed by atoms with Crippen molar-refractivity contribution in [3.05, 3.63) is 29.3 Å². The lowest BCUT2D eigenvalue weighted by Gasteiger charge is -2.07. The number of aromatic hydroxyl groups is 1. The zero-order chi connectivity index (χ0) is 12.3. The topological polar surface area (TPSA) is 74.6 Å². The minimum atomic E-state index is -1.14. The molecule has 2 N–H and O–H groups in total. The van der Waals surface area contributed by atoms with E-state index < -0.39 is 10.8 Å². The maximum Gasteiger partial charge on any atom is 0.335 e. The summed E-state index contributed by atoms with van der Waals surface area (Å²) in [6, 6.07) is 3.60. The first-order chi connectivity index (χ1) is 7.47. The van der Waals surface area contributed by atoms with Gasteiger partial charge in [0.2, 0.25) is 0 Å². The maximum absolute atomic E-state index is 11.7. The van der Waals surface area contributed by atoms with Gasteiger partial charge in [-0.25, -0.2) is 4.79 Å². The summed E-state index contributed by atoms with van der Waals surface area (Å²) in [7, 11) is 0. The van der Waals surface area contributed by atoms with E-state index in [0.717, 1.165) is 6.07 Å². The summed E-state index contributed by atoms with van der Waals surface area (Å²) in [4.78, 5) is 22.0. The number of phenols is 1. The number of ketones is 1. The number of carboxylic acid groups (broad SMARTS) is 1. The number of halogens is 2. The van der Waals surface area contributed by atoms with Crippen molar-refractivity contribution in [3.8, 4) is 5.75 Å². The fraction of sp³-hybridized carbons (Fsp3) is 0.200. The third-order valence-electron chi connectivity index (χ3n) is 1.93. The van der Waals surface area contributed by atoms with Crippen molar-refractivity contribution >= 4 is 43.6 Å². The highest BCUT2D eigenvalue weighted by Crippen LogP contribution is 2.23. The van der Waals surface area contributed by atoms with Gasteiger partial charge in [-0.05, 0) is 18.2 Å². The number of phenolic OH excluding ortho intramolecular Hbond substituents is 1. The van der Waals surface area contributed by atoms with E-state index in [1.807, 2.05) is 0 Å². The zero-order valence-electron chi connectivity index (χ0n) is 7.98. The van der Waals surface area contributed by atoms with Crippen LogP contribution in [0, 0.1) is 0 Å². The number of benzene rings is 1. The summed E-state index contributed by atoms with van der Waals surface area (Å²) in [5.41, 5.74) is -0.0309.